The van der Waals surface area contributed by atoms with Crippen molar-refractivity contribution in [2.75, 3.05) is 5.32 Å². The number of aromatic nitrogens is 1. The number of rotatable bonds is 6. The van der Waals surface area contributed by atoms with Gasteiger partial charge in [-0.2, -0.15) is 0 Å². The summed E-state index contributed by atoms with van der Waals surface area (Å²) in [7, 11) is 0. The average molecular weight is 441 g/mol. The summed E-state index contributed by atoms with van der Waals surface area (Å²) in [6, 6.07) is 19.0. The number of aryl methyl sites for hydroxylation is 4. The molecule has 4 rings (SSSR count). The van der Waals surface area contributed by atoms with Gasteiger partial charge in [0.25, 0.3) is 5.91 Å². The lowest BCUT2D eigenvalue weighted by Crippen LogP contribution is -2.27. The van der Waals surface area contributed by atoms with Crippen molar-refractivity contribution in [1.82, 2.24) is 4.57 Å². The molecule has 0 aliphatic carbocycles. The number of anilines is 1. The molecule has 0 fully saturated rings. The van der Waals surface area contributed by atoms with Gasteiger partial charge >= 0.3 is 0 Å². The molecule has 0 radical (unpaired) electrons. The molecule has 2 aromatic carbocycles. The first-order chi connectivity index (χ1) is 15.9. The largest absolute Gasteiger partial charge is 0.463 e. The van der Waals surface area contributed by atoms with Gasteiger partial charge in [0.15, 0.2) is 11.2 Å². The molecule has 0 saturated heterocycles. The third-order valence-corrected chi connectivity index (χ3v) is 5.88. The smallest absolute Gasteiger partial charge is 0.261 e. The van der Waals surface area contributed by atoms with E-state index in [1.165, 1.54) is 6.07 Å². The summed E-state index contributed by atoms with van der Waals surface area (Å²) in [4.78, 5) is 26.9. The van der Waals surface area contributed by atoms with Crippen LogP contribution >= 0.6 is 0 Å². The molecule has 0 spiro atoms. The van der Waals surface area contributed by atoms with Crippen LogP contribution in [0.4, 0.5) is 5.69 Å². The number of pyridine rings is 1. The summed E-state index contributed by atoms with van der Waals surface area (Å²) in [5.41, 5.74) is 5.67. The lowest BCUT2D eigenvalue weighted by molar-refractivity contribution is 0.102. The Bertz CT molecular complexity index is 1340. The number of nitrogens with one attached hydrogen (secondary N) is 1. The molecule has 2 heterocycles. The summed E-state index contributed by atoms with van der Waals surface area (Å²) in [5.74, 6) is 0.0188. The Morgan fingerprint density at radius 1 is 0.939 bits per heavy atom. The highest BCUT2D eigenvalue weighted by Gasteiger charge is 2.25. The van der Waals surface area contributed by atoms with E-state index in [4.69, 9.17) is 4.42 Å². The first-order valence-corrected chi connectivity index (χ1v) is 11.2. The van der Waals surface area contributed by atoms with E-state index in [0.29, 0.717) is 11.5 Å². The minimum atomic E-state index is -0.441. The van der Waals surface area contributed by atoms with Crippen LogP contribution in [0.25, 0.3) is 17.1 Å². The van der Waals surface area contributed by atoms with Crippen molar-refractivity contribution in [3.8, 4) is 17.1 Å². The van der Waals surface area contributed by atoms with Crippen molar-refractivity contribution in [2.45, 2.75) is 40.5 Å². The zero-order valence-corrected chi connectivity index (χ0v) is 19.4. The molecule has 0 unspecified atom stereocenters. The lowest BCUT2D eigenvalue weighted by Gasteiger charge is -2.20. The van der Waals surface area contributed by atoms with Crippen LogP contribution in [0.3, 0.4) is 0 Å². The van der Waals surface area contributed by atoms with Crippen LogP contribution in [-0.2, 0) is 12.8 Å². The average Bonchev–Trinajstić information content (AvgIpc) is 3.33. The summed E-state index contributed by atoms with van der Waals surface area (Å²) < 4.78 is 7.62. The number of amides is 1. The molecule has 0 bridgehead atoms. The van der Waals surface area contributed by atoms with Crippen LogP contribution < -0.4 is 10.7 Å². The molecule has 0 atom stereocenters. The molecule has 168 valence electrons. The molecule has 0 aliphatic rings. The van der Waals surface area contributed by atoms with E-state index < -0.39 is 5.91 Å². The maximum Gasteiger partial charge on any atom is 0.261 e. The molecule has 1 amide bonds. The molecule has 4 aromatic rings. The quantitative estimate of drug-likeness (QED) is 0.394. The van der Waals surface area contributed by atoms with Gasteiger partial charge in [0.1, 0.15) is 11.3 Å². The minimum absolute atomic E-state index is 0.0602. The fraction of sp³-hybridized carbons (Fsp3) is 0.214. The molecule has 5 heteroatoms. The molecular weight excluding hydrogens is 412 g/mol. The Hall–Kier alpha value is -3.86. The summed E-state index contributed by atoms with van der Waals surface area (Å²) in [5, 5.41) is 3.06. The molecular formula is C28H28N2O3. The third kappa shape index (κ3) is 4.27. The fourth-order valence-corrected chi connectivity index (χ4v) is 4.28. The van der Waals surface area contributed by atoms with E-state index in [1.54, 1.807) is 18.4 Å². The van der Waals surface area contributed by atoms with E-state index >= 15 is 0 Å². The number of para-hydroxylation sites is 1. The highest BCUT2D eigenvalue weighted by Crippen LogP contribution is 2.29. The predicted octanol–water partition coefficient (Wildman–Crippen LogP) is 6.09. The number of carbonyl (C=O) groups excluding carboxylic acids is 1. The number of hydrogen-bond donors (Lipinski definition) is 1. The first-order valence-electron chi connectivity index (χ1n) is 11.2. The van der Waals surface area contributed by atoms with Gasteiger partial charge in [0, 0.05) is 23.1 Å². The van der Waals surface area contributed by atoms with Crippen LogP contribution in [0.1, 0.15) is 46.6 Å². The molecule has 2 aromatic heterocycles. The van der Waals surface area contributed by atoms with E-state index in [9.17, 15) is 9.59 Å². The van der Waals surface area contributed by atoms with Crippen molar-refractivity contribution in [1.29, 1.82) is 0 Å². The van der Waals surface area contributed by atoms with Crippen molar-refractivity contribution in [3.05, 3.63) is 105 Å². The second-order valence-electron chi connectivity index (χ2n) is 8.14. The molecule has 5 nitrogen and oxygen atoms in total. The minimum Gasteiger partial charge on any atom is -0.463 e. The van der Waals surface area contributed by atoms with Gasteiger partial charge in [-0.05, 0) is 67.6 Å². The monoisotopic (exact) mass is 440 g/mol. The topological polar surface area (TPSA) is 64.2 Å². The summed E-state index contributed by atoms with van der Waals surface area (Å²) >= 11 is 0. The van der Waals surface area contributed by atoms with Crippen LogP contribution in [0.2, 0.25) is 0 Å². The molecule has 1 N–H and O–H groups in total. The zero-order valence-electron chi connectivity index (χ0n) is 19.4. The fourth-order valence-electron chi connectivity index (χ4n) is 4.28. The van der Waals surface area contributed by atoms with E-state index in [-0.39, 0.29) is 11.0 Å². The Morgan fingerprint density at radius 3 is 2.24 bits per heavy atom. The number of carbonyl (C=O) groups is 1. The Morgan fingerprint density at radius 2 is 1.64 bits per heavy atom. The summed E-state index contributed by atoms with van der Waals surface area (Å²) in [6.07, 6.45) is 3.10. The van der Waals surface area contributed by atoms with Crippen LogP contribution in [0.5, 0.6) is 0 Å². The highest BCUT2D eigenvalue weighted by atomic mass is 16.3. The van der Waals surface area contributed by atoms with E-state index in [1.807, 2.05) is 60.9 Å². The maximum atomic E-state index is 13.7. The Balaban J connectivity index is 1.96. The first kappa shape index (κ1) is 22.3. The van der Waals surface area contributed by atoms with Gasteiger partial charge in [0.05, 0.1) is 6.26 Å². The van der Waals surface area contributed by atoms with Crippen molar-refractivity contribution in [3.63, 3.8) is 0 Å². The number of benzene rings is 2. The number of hydrogen-bond acceptors (Lipinski definition) is 3. The predicted molar refractivity (Wildman–Crippen MR) is 132 cm³/mol. The zero-order chi connectivity index (χ0) is 23.5. The second kappa shape index (κ2) is 9.33. The highest BCUT2D eigenvalue weighted by molar-refractivity contribution is 6.08. The van der Waals surface area contributed by atoms with E-state index in [0.717, 1.165) is 46.6 Å². The number of nitrogens with zero attached hydrogens (tertiary/aromatic N) is 1. The number of furan rings is 1. The van der Waals surface area contributed by atoms with Gasteiger partial charge < -0.3 is 14.3 Å². The van der Waals surface area contributed by atoms with Gasteiger partial charge in [-0.1, -0.05) is 44.2 Å². The molecule has 0 aliphatic heterocycles. The molecule has 33 heavy (non-hydrogen) atoms. The normalized spacial score (nSPS) is 10.9. The van der Waals surface area contributed by atoms with Gasteiger partial charge in [-0.25, -0.2) is 0 Å². The lowest BCUT2D eigenvalue weighted by atomic mass is 10.0. The molecule has 0 saturated carbocycles. The van der Waals surface area contributed by atoms with Crippen LogP contribution in [0, 0.1) is 13.8 Å². The van der Waals surface area contributed by atoms with Crippen molar-refractivity contribution < 1.29 is 9.21 Å². The second-order valence-corrected chi connectivity index (χ2v) is 8.14. The Kier molecular flexibility index (Phi) is 6.31. The maximum absolute atomic E-state index is 13.7. The van der Waals surface area contributed by atoms with Crippen LogP contribution in [0.15, 0.2) is 76.1 Å². The van der Waals surface area contributed by atoms with Crippen molar-refractivity contribution in [2.24, 2.45) is 0 Å². The van der Waals surface area contributed by atoms with Gasteiger partial charge in [-0.15, -0.1) is 0 Å². The standard InChI is InChI=1S/C28H28N2O3/c1-5-20-11-8-12-21(6-2)26(20)29-28(32)25-23(31)17-19(4)30(22-13-7-10-18(3)16-22)27(25)24-14-9-15-33-24/h7-17H,5-6H2,1-4H3,(H,29,32). The van der Waals surface area contributed by atoms with Gasteiger partial charge in [-0.3, -0.25) is 9.59 Å². The van der Waals surface area contributed by atoms with E-state index in [2.05, 4.69) is 19.2 Å². The summed E-state index contributed by atoms with van der Waals surface area (Å²) in [6.45, 7) is 7.97. The van der Waals surface area contributed by atoms with Gasteiger partial charge in [0.2, 0.25) is 0 Å². The third-order valence-electron chi connectivity index (χ3n) is 5.88. The van der Waals surface area contributed by atoms with Crippen LogP contribution in [-0.4, -0.2) is 10.5 Å². The van der Waals surface area contributed by atoms with Crippen molar-refractivity contribution >= 4 is 11.6 Å². The SMILES string of the molecule is CCc1cccc(CC)c1NC(=O)c1c(-c2ccco2)n(-c2cccc(C)c2)c(C)cc1=O. The Labute approximate surface area is 193 Å².